The van der Waals surface area contributed by atoms with Gasteiger partial charge in [-0.3, -0.25) is 9.78 Å². The third kappa shape index (κ3) is 5.06. The van der Waals surface area contributed by atoms with Gasteiger partial charge in [0.1, 0.15) is 5.69 Å². The van der Waals surface area contributed by atoms with E-state index in [1.54, 1.807) is 6.20 Å². The van der Waals surface area contributed by atoms with Crippen LogP contribution < -0.4 is 5.32 Å². The van der Waals surface area contributed by atoms with Crippen molar-refractivity contribution in [1.29, 1.82) is 0 Å². The summed E-state index contributed by atoms with van der Waals surface area (Å²) in [7, 11) is 2.07. The van der Waals surface area contributed by atoms with E-state index in [4.69, 9.17) is 0 Å². The van der Waals surface area contributed by atoms with E-state index in [-0.39, 0.29) is 5.91 Å². The molecule has 168 valence electrons. The number of benzene rings is 1. The highest BCUT2D eigenvalue weighted by molar-refractivity contribution is 5.95. The molecule has 32 heavy (non-hydrogen) atoms. The molecule has 7 nitrogen and oxygen atoms in total. The van der Waals surface area contributed by atoms with E-state index < -0.39 is 6.23 Å². The SMILES string of the molecule is Cc1ncc(-c2cccc(C(=O)N3CCN(C)CC3)c2)nc1C(O)NC1=CCC(C)C=C1. The smallest absolute Gasteiger partial charge is 0.253 e. The van der Waals surface area contributed by atoms with Gasteiger partial charge in [-0.2, -0.15) is 0 Å². The van der Waals surface area contributed by atoms with Gasteiger partial charge in [-0.15, -0.1) is 0 Å². The first-order valence-electron chi connectivity index (χ1n) is 11.2. The second-order valence-electron chi connectivity index (χ2n) is 8.68. The lowest BCUT2D eigenvalue weighted by Gasteiger charge is -2.32. The van der Waals surface area contributed by atoms with E-state index in [0.717, 1.165) is 43.9 Å². The molecule has 2 heterocycles. The first kappa shape index (κ1) is 22.2. The first-order chi connectivity index (χ1) is 15.4. The molecule has 2 unspecified atom stereocenters. The molecule has 1 aliphatic heterocycles. The van der Waals surface area contributed by atoms with Gasteiger partial charge in [0.15, 0.2) is 6.23 Å². The number of piperazine rings is 1. The molecule has 1 saturated heterocycles. The second kappa shape index (κ2) is 9.63. The molecule has 2 atom stereocenters. The number of carbonyl (C=O) groups excluding carboxylic acids is 1. The van der Waals surface area contributed by atoms with Crippen LogP contribution in [0, 0.1) is 12.8 Å². The molecule has 2 aromatic rings. The maximum atomic E-state index is 13.0. The molecule has 4 rings (SSSR count). The fourth-order valence-corrected chi connectivity index (χ4v) is 3.93. The van der Waals surface area contributed by atoms with Crippen LogP contribution in [0.15, 0.2) is 54.4 Å². The number of carbonyl (C=O) groups is 1. The number of aromatic nitrogens is 2. The number of likely N-dealkylation sites (N-methyl/N-ethyl adjacent to an activating group) is 1. The van der Waals surface area contributed by atoms with Gasteiger partial charge in [0.05, 0.1) is 17.6 Å². The van der Waals surface area contributed by atoms with Crippen LogP contribution in [0.2, 0.25) is 0 Å². The van der Waals surface area contributed by atoms with Crippen LogP contribution in [0.4, 0.5) is 0 Å². The summed E-state index contributed by atoms with van der Waals surface area (Å²) in [5.41, 5.74) is 4.08. The lowest BCUT2D eigenvalue weighted by Crippen LogP contribution is -2.47. The van der Waals surface area contributed by atoms with Crippen LogP contribution in [0.5, 0.6) is 0 Å². The van der Waals surface area contributed by atoms with Gasteiger partial charge in [-0.25, -0.2) is 4.98 Å². The minimum atomic E-state index is -0.970. The summed E-state index contributed by atoms with van der Waals surface area (Å²) in [4.78, 5) is 26.2. The van der Waals surface area contributed by atoms with Crippen LogP contribution in [-0.2, 0) is 0 Å². The van der Waals surface area contributed by atoms with Crippen molar-refractivity contribution in [3.05, 3.63) is 71.3 Å². The number of hydrogen-bond donors (Lipinski definition) is 2. The summed E-state index contributed by atoms with van der Waals surface area (Å²) in [5, 5.41) is 13.9. The zero-order chi connectivity index (χ0) is 22.7. The lowest BCUT2D eigenvalue weighted by molar-refractivity contribution is 0.0664. The molecule has 0 saturated carbocycles. The normalized spacial score (nSPS) is 20.1. The maximum absolute atomic E-state index is 13.0. The van der Waals surface area contributed by atoms with Crippen molar-refractivity contribution in [2.45, 2.75) is 26.5 Å². The van der Waals surface area contributed by atoms with Crippen molar-refractivity contribution in [3.63, 3.8) is 0 Å². The number of nitrogens with zero attached hydrogens (tertiary/aromatic N) is 4. The van der Waals surface area contributed by atoms with Crippen molar-refractivity contribution in [2.24, 2.45) is 5.92 Å². The van der Waals surface area contributed by atoms with E-state index in [1.165, 1.54) is 0 Å². The Bertz CT molecular complexity index is 1040. The van der Waals surface area contributed by atoms with E-state index in [0.29, 0.717) is 28.6 Å². The fourth-order valence-electron chi connectivity index (χ4n) is 3.93. The molecule has 1 aliphatic carbocycles. The van der Waals surface area contributed by atoms with Crippen LogP contribution >= 0.6 is 0 Å². The summed E-state index contributed by atoms with van der Waals surface area (Å²) in [6.45, 7) is 7.21. The monoisotopic (exact) mass is 433 g/mol. The third-order valence-corrected chi connectivity index (χ3v) is 6.06. The van der Waals surface area contributed by atoms with Gasteiger partial charge in [-0.1, -0.05) is 31.2 Å². The Labute approximate surface area is 189 Å². The van der Waals surface area contributed by atoms with Crippen LogP contribution in [0.1, 0.15) is 41.3 Å². The number of allylic oxidation sites excluding steroid dienone is 3. The molecule has 7 heteroatoms. The Morgan fingerprint density at radius 3 is 2.75 bits per heavy atom. The average molecular weight is 434 g/mol. The molecular weight excluding hydrogens is 402 g/mol. The molecule has 0 spiro atoms. The van der Waals surface area contributed by atoms with Crippen molar-refractivity contribution in [1.82, 2.24) is 25.1 Å². The van der Waals surface area contributed by atoms with Gasteiger partial charge < -0.3 is 20.2 Å². The minimum absolute atomic E-state index is 0.0344. The van der Waals surface area contributed by atoms with Crippen LogP contribution in [0.3, 0.4) is 0 Å². The quantitative estimate of drug-likeness (QED) is 0.706. The fraction of sp³-hybridized carbons (Fsp3) is 0.400. The number of rotatable bonds is 5. The van der Waals surface area contributed by atoms with Crippen molar-refractivity contribution < 1.29 is 9.90 Å². The van der Waals surface area contributed by atoms with Crippen LogP contribution in [-0.4, -0.2) is 64.0 Å². The summed E-state index contributed by atoms with van der Waals surface area (Å²) >= 11 is 0. The first-order valence-corrected chi connectivity index (χ1v) is 11.2. The maximum Gasteiger partial charge on any atom is 0.253 e. The summed E-state index contributed by atoms with van der Waals surface area (Å²) in [6, 6.07) is 7.48. The second-order valence-corrected chi connectivity index (χ2v) is 8.68. The Kier molecular flexibility index (Phi) is 6.67. The molecular formula is C25H31N5O2. The highest BCUT2D eigenvalue weighted by Crippen LogP contribution is 2.23. The number of nitrogens with one attached hydrogen (secondary N) is 1. The van der Waals surface area contributed by atoms with Crippen molar-refractivity contribution >= 4 is 5.91 Å². The molecule has 1 fully saturated rings. The van der Waals surface area contributed by atoms with Crippen LogP contribution in [0.25, 0.3) is 11.3 Å². The number of amides is 1. The van der Waals surface area contributed by atoms with Gasteiger partial charge >= 0.3 is 0 Å². The molecule has 0 radical (unpaired) electrons. The molecule has 0 bridgehead atoms. The van der Waals surface area contributed by atoms with Crippen molar-refractivity contribution in [2.75, 3.05) is 33.2 Å². The minimum Gasteiger partial charge on any atom is -0.368 e. The molecule has 2 N–H and O–H groups in total. The molecule has 1 amide bonds. The Morgan fingerprint density at radius 1 is 1.25 bits per heavy atom. The molecule has 1 aromatic heterocycles. The number of aliphatic hydroxyl groups is 1. The zero-order valence-corrected chi connectivity index (χ0v) is 19.0. The topological polar surface area (TPSA) is 81.6 Å². The number of aryl methyl sites for hydroxylation is 1. The zero-order valence-electron chi connectivity index (χ0n) is 19.0. The van der Waals surface area contributed by atoms with E-state index in [2.05, 4.69) is 46.3 Å². The number of hydrogen-bond acceptors (Lipinski definition) is 6. The summed E-state index contributed by atoms with van der Waals surface area (Å²) < 4.78 is 0. The predicted octanol–water partition coefficient (Wildman–Crippen LogP) is 2.90. The highest BCUT2D eigenvalue weighted by atomic mass is 16.3. The Hall–Kier alpha value is -3.03. The van der Waals surface area contributed by atoms with Gasteiger partial charge in [0.25, 0.3) is 5.91 Å². The van der Waals surface area contributed by atoms with Gasteiger partial charge in [-0.05, 0) is 44.5 Å². The largest absolute Gasteiger partial charge is 0.368 e. The molecule has 2 aliphatic rings. The lowest BCUT2D eigenvalue weighted by atomic mass is 10.0. The van der Waals surface area contributed by atoms with E-state index in [9.17, 15) is 9.90 Å². The van der Waals surface area contributed by atoms with Gasteiger partial charge in [0.2, 0.25) is 0 Å². The average Bonchev–Trinajstić information content (AvgIpc) is 2.81. The Morgan fingerprint density at radius 2 is 2.03 bits per heavy atom. The predicted molar refractivity (Wildman–Crippen MR) is 125 cm³/mol. The Balaban J connectivity index is 1.53. The highest BCUT2D eigenvalue weighted by Gasteiger charge is 2.21. The van der Waals surface area contributed by atoms with Crippen molar-refractivity contribution in [3.8, 4) is 11.3 Å². The van der Waals surface area contributed by atoms with Gasteiger partial charge in [0, 0.05) is 43.0 Å². The standard InChI is InChI=1S/C25H31N5O2/c1-17-7-9-21(10-8-17)27-24(31)23-18(2)26-16-22(28-23)19-5-4-6-20(15-19)25(32)30-13-11-29(3)12-14-30/h4-7,9-10,15-17,24,27,31H,8,11-14H2,1-3H3. The summed E-state index contributed by atoms with van der Waals surface area (Å²) in [5.74, 6) is 0.538. The summed E-state index contributed by atoms with van der Waals surface area (Å²) in [6.07, 6.45) is 7.83. The van der Waals surface area contributed by atoms with E-state index in [1.807, 2.05) is 42.2 Å². The number of aliphatic hydroxyl groups excluding tert-OH is 1. The molecule has 1 aromatic carbocycles. The third-order valence-electron chi connectivity index (χ3n) is 6.06. The van der Waals surface area contributed by atoms with E-state index >= 15 is 0 Å².